The lowest BCUT2D eigenvalue weighted by atomic mass is 10.0. The first kappa shape index (κ1) is 17.1. The van der Waals surface area contributed by atoms with Gasteiger partial charge in [-0.25, -0.2) is 0 Å². The number of carbonyl (C=O) groups is 1. The first-order valence-electron chi connectivity index (χ1n) is 7.15. The molecule has 2 rings (SSSR count). The van der Waals surface area contributed by atoms with Crippen LogP contribution in [0.25, 0.3) is 6.08 Å². The maximum absolute atomic E-state index is 12.5. The van der Waals surface area contributed by atoms with Crippen molar-refractivity contribution < 1.29 is 19.0 Å². The van der Waals surface area contributed by atoms with Crippen molar-refractivity contribution in [3.63, 3.8) is 0 Å². The van der Waals surface area contributed by atoms with Crippen molar-refractivity contribution in [1.29, 1.82) is 5.26 Å². The van der Waals surface area contributed by atoms with Crippen LogP contribution in [0.15, 0.2) is 48.0 Å². The molecule has 0 fully saturated rings. The fourth-order valence-electron chi connectivity index (χ4n) is 2.16. The van der Waals surface area contributed by atoms with Crippen LogP contribution in [0.5, 0.6) is 17.2 Å². The summed E-state index contributed by atoms with van der Waals surface area (Å²) in [5.74, 6) is 1.40. The number of rotatable bonds is 6. The Bertz CT molecular complexity index is 801. The van der Waals surface area contributed by atoms with Crippen LogP contribution in [-0.2, 0) is 0 Å². The highest BCUT2D eigenvalue weighted by Gasteiger charge is 2.13. The molecule has 0 aliphatic heterocycles. The van der Waals surface area contributed by atoms with E-state index in [1.54, 1.807) is 56.7 Å². The standard InChI is InChI=1S/C19H17NO4/c1-22-16-7-5-14(6-8-16)19(21)15(12-20)10-13-4-9-17(23-2)18(11-13)24-3/h4-11H,1-3H3/b15-10+. The molecule has 0 radical (unpaired) electrons. The summed E-state index contributed by atoms with van der Waals surface area (Å²) in [6.45, 7) is 0. The Balaban J connectivity index is 2.34. The molecule has 0 N–H and O–H groups in total. The molecule has 2 aromatic carbocycles. The van der Waals surface area contributed by atoms with Crippen molar-refractivity contribution in [3.05, 3.63) is 59.2 Å². The van der Waals surface area contributed by atoms with Gasteiger partial charge in [0.05, 0.1) is 21.3 Å². The number of Topliss-reactive ketones (excluding diaryl/α,β-unsaturated/α-hetero) is 1. The van der Waals surface area contributed by atoms with E-state index in [4.69, 9.17) is 14.2 Å². The van der Waals surface area contributed by atoms with Crippen LogP contribution in [0.1, 0.15) is 15.9 Å². The molecule has 0 aliphatic rings. The highest BCUT2D eigenvalue weighted by Crippen LogP contribution is 2.28. The predicted octanol–water partition coefficient (Wildman–Crippen LogP) is 3.50. The summed E-state index contributed by atoms with van der Waals surface area (Å²) in [5.41, 5.74) is 1.13. The number of ether oxygens (including phenoxy) is 3. The van der Waals surface area contributed by atoms with E-state index < -0.39 is 0 Å². The number of methoxy groups -OCH3 is 3. The van der Waals surface area contributed by atoms with Crippen molar-refractivity contribution in [3.8, 4) is 23.3 Å². The average Bonchev–Trinajstić information content (AvgIpc) is 2.65. The van der Waals surface area contributed by atoms with Crippen molar-refractivity contribution in [2.45, 2.75) is 0 Å². The lowest BCUT2D eigenvalue weighted by Crippen LogP contribution is -2.02. The number of allylic oxidation sites excluding steroid dienone is 1. The van der Waals surface area contributed by atoms with Gasteiger partial charge in [0.15, 0.2) is 11.5 Å². The molecule has 0 unspecified atom stereocenters. The summed E-state index contributed by atoms with van der Waals surface area (Å²) in [6.07, 6.45) is 1.52. The predicted molar refractivity (Wildman–Crippen MR) is 90.5 cm³/mol. The molecular formula is C19H17NO4. The fourth-order valence-corrected chi connectivity index (χ4v) is 2.16. The maximum Gasteiger partial charge on any atom is 0.203 e. The van der Waals surface area contributed by atoms with Gasteiger partial charge in [0.1, 0.15) is 17.4 Å². The summed E-state index contributed by atoms with van der Waals surface area (Å²) >= 11 is 0. The molecule has 5 nitrogen and oxygen atoms in total. The van der Waals surface area contributed by atoms with E-state index in [1.165, 1.54) is 13.2 Å². The van der Waals surface area contributed by atoms with Crippen LogP contribution >= 0.6 is 0 Å². The van der Waals surface area contributed by atoms with Crippen molar-refractivity contribution in [1.82, 2.24) is 0 Å². The van der Waals surface area contributed by atoms with Crippen LogP contribution in [0.3, 0.4) is 0 Å². The maximum atomic E-state index is 12.5. The van der Waals surface area contributed by atoms with Gasteiger partial charge < -0.3 is 14.2 Å². The van der Waals surface area contributed by atoms with Gasteiger partial charge in [0.25, 0.3) is 0 Å². The van der Waals surface area contributed by atoms with E-state index in [0.29, 0.717) is 28.4 Å². The number of nitriles is 1. The summed E-state index contributed by atoms with van der Waals surface area (Å²) in [4.78, 5) is 12.5. The second kappa shape index (κ2) is 7.84. The third-order valence-electron chi connectivity index (χ3n) is 3.44. The number of nitrogens with zero attached hydrogens (tertiary/aromatic N) is 1. The molecule has 0 saturated carbocycles. The lowest BCUT2D eigenvalue weighted by Gasteiger charge is -2.08. The first-order chi connectivity index (χ1) is 11.6. The number of benzene rings is 2. The van der Waals surface area contributed by atoms with Crippen LogP contribution in [0.2, 0.25) is 0 Å². The normalized spacial score (nSPS) is 10.7. The van der Waals surface area contributed by atoms with Gasteiger partial charge in [-0.15, -0.1) is 0 Å². The quantitative estimate of drug-likeness (QED) is 0.462. The van der Waals surface area contributed by atoms with E-state index in [2.05, 4.69) is 0 Å². The average molecular weight is 323 g/mol. The third kappa shape index (κ3) is 3.73. The van der Waals surface area contributed by atoms with Gasteiger partial charge in [-0.2, -0.15) is 5.26 Å². The minimum atomic E-state index is -0.352. The van der Waals surface area contributed by atoms with E-state index in [0.717, 1.165) is 0 Å². The Morgan fingerprint density at radius 2 is 1.62 bits per heavy atom. The first-order valence-corrected chi connectivity index (χ1v) is 7.15. The third-order valence-corrected chi connectivity index (χ3v) is 3.44. The zero-order chi connectivity index (χ0) is 17.5. The van der Waals surface area contributed by atoms with Gasteiger partial charge in [-0.05, 0) is 48.0 Å². The highest BCUT2D eigenvalue weighted by molar-refractivity contribution is 6.14. The molecule has 0 saturated heterocycles. The molecule has 0 spiro atoms. The molecule has 122 valence electrons. The lowest BCUT2D eigenvalue weighted by molar-refractivity contribution is 0.104. The van der Waals surface area contributed by atoms with E-state index >= 15 is 0 Å². The van der Waals surface area contributed by atoms with Gasteiger partial charge in [-0.3, -0.25) is 4.79 Å². The SMILES string of the molecule is COc1ccc(C(=O)/C(C#N)=C/c2ccc(OC)c(OC)c2)cc1. The monoisotopic (exact) mass is 323 g/mol. The molecule has 0 bridgehead atoms. The topological polar surface area (TPSA) is 68.6 Å². The second-order valence-electron chi connectivity index (χ2n) is 4.84. The smallest absolute Gasteiger partial charge is 0.203 e. The van der Waals surface area contributed by atoms with Gasteiger partial charge in [0.2, 0.25) is 5.78 Å². The molecule has 0 aliphatic carbocycles. The van der Waals surface area contributed by atoms with Crippen molar-refractivity contribution in [2.75, 3.05) is 21.3 Å². The zero-order valence-corrected chi connectivity index (χ0v) is 13.7. The van der Waals surface area contributed by atoms with Gasteiger partial charge >= 0.3 is 0 Å². The van der Waals surface area contributed by atoms with Crippen LogP contribution in [0, 0.1) is 11.3 Å². The van der Waals surface area contributed by atoms with Crippen LogP contribution < -0.4 is 14.2 Å². The molecular weight excluding hydrogens is 306 g/mol. The summed E-state index contributed by atoms with van der Waals surface area (Å²) < 4.78 is 15.5. The molecule has 24 heavy (non-hydrogen) atoms. The Hall–Kier alpha value is -3.26. The second-order valence-corrected chi connectivity index (χ2v) is 4.84. The molecule has 0 atom stereocenters. The molecule has 0 amide bonds. The Morgan fingerprint density at radius 1 is 0.958 bits per heavy atom. The molecule has 0 heterocycles. The minimum Gasteiger partial charge on any atom is -0.497 e. The Kier molecular flexibility index (Phi) is 5.58. The Labute approximate surface area is 140 Å². The number of hydrogen-bond donors (Lipinski definition) is 0. The van der Waals surface area contributed by atoms with Gasteiger partial charge in [0, 0.05) is 5.56 Å². The largest absolute Gasteiger partial charge is 0.497 e. The van der Waals surface area contributed by atoms with Crippen molar-refractivity contribution in [2.24, 2.45) is 0 Å². The van der Waals surface area contributed by atoms with Gasteiger partial charge in [-0.1, -0.05) is 6.07 Å². The van der Waals surface area contributed by atoms with Crippen molar-refractivity contribution >= 4 is 11.9 Å². The zero-order valence-electron chi connectivity index (χ0n) is 13.7. The van der Waals surface area contributed by atoms with E-state index in [-0.39, 0.29) is 11.4 Å². The van der Waals surface area contributed by atoms with E-state index in [1.807, 2.05) is 6.07 Å². The minimum absolute atomic E-state index is 0.0346. The Morgan fingerprint density at radius 3 is 2.17 bits per heavy atom. The number of carbonyl (C=O) groups excluding carboxylic acids is 1. The highest BCUT2D eigenvalue weighted by atomic mass is 16.5. The molecule has 5 heteroatoms. The fraction of sp³-hybridized carbons (Fsp3) is 0.158. The summed E-state index contributed by atoms with van der Waals surface area (Å²) in [7, 11) is 4.62. The van der Waals surface area contributed by atoms with Crippen LogP contribution in [-0.4, -0.2) is 27.1 Å². The van der Waals surface area contributed by atoms with E-state index in [9.17, 15) is 10.1 Å². The summed E-state index contributed by atoms with van der Waals surface area (Å²) in [5, 5.41) is 9.33. The number of ketones is 1. The molecule has 2 aromatic rings. The molecule has 0 aromatic heterocycles. The number of hydrogen-bond acceptors (Lipinski definition) is 5. The summed E-state index contributed by atoms with van der Waals surface area (Å²) in [6, 6.07) is 13.7. The van der Waals surface area contributed by atoms with Crippen LogP contribution in [0.4, 0.5) is 0 Å².